The van der Waals surface area contributed by atoms with E-state index in [9.17, 15) is 4.21 Å². The van der Waals surface area contributed by atoms with Crippen molar-refractivity contribution in [2.75, 3.05) is 4.72 Å². The first kappa shape index (κ1) is 9.23. The molecular weight excluding hydrogens is 200 g/mol. The molecule has 74 valence electrons. The molecule has 3 N–H and O–H groups in total. The first-order valence-corrected chi connectivity index (χ1v) is 5.23. The highest BCUT2D eigenvalue weighted by Gasteiger charge is 2.05. The summed E-state index contributed by atoms with van der Waals surface area (Å²) < 4.78 is 21.8. The number of H-pyrrole nitrogens is 1. The lowest BCUT2D eigenvalue weighted by molar-refractivity contribution is 0.570. The molecule has 1 aromatic carbocycles. The van der Waals surface area contributed by atoms with E-state index in [0.717, 1.165) is 16.5 Å². The third-order valence-electron chi connectivity index (χ3n) is 2.14. The monoisotopic (exact) mass is 210 g/mol. The van der Waals surface area contributed by atoms with Gasteiger partial charge in [0.15, 0.2) is 0 Å². The molecule has 5 heteroatoms. The molecule has 2 rings (SSSR count). The van der Waals surface area contributed by atoms with Crippen LogP contribution in [0.2, 0.25) is 0 Å². The maximum absolute atomic E-state index is 10.6. The summed E-state index contributed by atoms with van der Waals surface area (Å²) in [7, 11) is 0. The Morgan fingerprint density at radius 1 is 1.43 bits per heavy atom. The van der Waals surface area contributed by atoms with E-state index in [-0.39, 0.29) is 0 Å². The number of aromatic amines is 1. The van der Waals surface area contributed by atoms with Gasteiger partial charge in [-0.1, -0.05) is 6.07 Å². The quantitative estimate of drug-likeness (QED) is 0.664. The fourth-order valence-electron chi connectivity index (χ4n) is 1.48. The largest absolute Gasteiger partial charge is 0.359 e. The van der Waals surface area contributed by atoms with Gasteiger partial charge in [0, 0.05) is 11.6 Å². The van der Waals surface area contributed by atoms with Crippen LogP contribution in [0.3, 0.4) is 0 Å². The standard InChI is InChI=1S/C9H10N2O2S/c1-6-2-3-8(11-14(12)13)9-7(6)4-5-10-9/h2-5,10-11H,1H3,(H,12,13). The minimum absolute atomic E-state index is 0.636. The third-order valence-corrected chi connectivity index (χ3v) is 2.53. The highest BCUT2D eigenvalue weighted by molar-refractivity contribution is 7.80. The Labute approximate surface area is 83.7 Å². The van der Waals surface area contributed by atoms with Crippen LogP contribution in [0.25, 0.3) is 10.9 Å². The zero-order valence-corrected chi connectivity index (χ0v) is 8.39. The number of hydrogen-bond acceptors (Lipinski definition) is 1. The van der Waals surface area contributed by atoms with Crippen molar-refractivity contribution in [1.29, 1.82) is 0 Å². The van der Waals surface area contributed by atoms with E-state index in [1.54, 1.807) is 6.07 Å². The first-order chi connectivity index (χ1) is 6.68. The summed E-state index contributed by atoms with van der Waals surface area (Å²) in [6.45, 7) is 2.00. The molecule has 1 aromatic heterocycles. The van der Waals surface area contributed by atoms with Crippen molar-refractivity contribution in [3.8, 4) is 0 Å². The van der Waals surface area contributed by atoms with Crippen LogP contribution >= 0.6 is 0 Å². The summed E-state index contributed by atoms with van der Waals surface area (Å²) in [6, 6.07) is 5.63. The normalized spacial score (nSPS) is 13.0. The molecule has 2 aromatic rings. The molecule has 4 nitrogen and oxygen atoms in total. The van der Waals surface area contributed by atoms with Gasteiger partial charge in [-0.3, -0.25) is 9.27 Å². The van der Waals surface area contributed by atoms with Crippen LogP contribution in [0.5, 0.6) is 0 Å². The molecule has 0 bridgehead atoms. The van der Waals surface area contributed by atoms with E-state index in [0.29, 0.717) is 5.69 Å². The van der Waals surface area contributed by atoms with Gasteiger partial charge in [-0.15, -0.1) is 0 Å². The van der Waals surface area contributed by atoms with Crippen LogP contribution in [-0.4, -0.2) is 13.7 Å². The average Bonchev–Trinajstić information content (AvgIpc) is 2.58. The molecule has 0 spiro atoms. The Kier molecular flexibility index (Phi) is 2.26. The third kappa shape index (κ3) is 1.51. The molecule has 0 fully saturated rings. The van der Waals surface area contributed by atoms with Crippen LogP contribution in [0.4, 0.5) is 5.69 Å². The van der Waals surface area contributed by atoms with Gasteiger partial charge in [-0.2, -0.15) is 0 Å². The summed E-state index contributed by atoms with van der Waals surface area (Å²) in [5, 5.41) is 1.06. The average molecular weight is 210 g/mol. The first-order valence-electron chi connectivity index (χ1n) is 4.12. The number of aryl methyl sites for hydroxylation is 1. The van der Waals surface area contributed by atoms with E-state index in [4.69, 9.17) is 4.55 Å². The summed E-state index contributed by atoms with van der Waals surface area (Å²) in [5.41, 5.74) is 2.62. The lowest BCUT2D eigenvalue weighted by Crippen LogP contribution is -2.02. The number of aromatic nitrogens is 1. The van der Waals surface area contributed by atoms with Crippen LogP contribution < -0.4 is 4.72 Å². The Morgan fingerprint density at radius 2 is 2.21 bits per heavy atom. The summed E-state index contributed by atoms with van der Waals surface area (Å²) in [4.78, 5) is 3.03. The highest BCUT2D eigenvalue weighted by Crippen LogP contribution is 2.24. The van der Waals surface area contributed by atoms with Crippen molar-refractivity contribution >= 4 is 27.9 Å². The van der Waals surface area contributed by atoms with Crippen LogP contribution in [0.1, 0.15) is 5.56 Å². The van der Waals surface area contributed by atoms with Crippen molar-refractivity contribution in [1.82, 2.24) is 4.98 Å². The minimum Gasteiger partial charge on any atom is -0.359 e. The van der Waals surface area contributed by atoms with Gasteiger partial charge in [0.2, 0.25) is 0 Å². The molecule has 0 saturated carbocycles. The fraction of sp³-hybridized carbons (Fsp3) is 0.111. The maximum atomic E-state index is 10.6. The number of benzene rings is 1. The van der Waals surface area contributed by atoms with E-state index in [1.807, 2.05) is 25.3 Å². The number of rotatable bonds is 2. The van der Waals surface area contributed by atoms with Gasteiger partial charge in [0.25, 0.3) is 11.3 Å². The second-order valence-electron chi connectivity index (χ2n) is 3.05. The van der Waals surface area contributed by atoms with Crippen LogP contribution in [0, 0.1) is 6.92 Å². The Bertz CT molecular complexity index is 493. The van der Waals surface area contributed by atoms with E-state index in [2.05, 4.69) is 9.71 Å². The van der Waals surface area contributed by atoms with Crippen LogP contribution in [-0.2, 0) is 11.3 Å². The Balaban J connectivity index is 2.60. The molecule has 14 heavy (non-hydrogen) atoms. The lowest BCUT2D eigenvalue weighted by Gasteiger charge is -2.04. The second kappa shape index (κ2) is 3.43. The van der Waals surface area contributed by atoms with Crippen molar-refractivity contribution in [3.63, 3.8) is 0 Å². The lowest BCUT2D eigenvalue weighted by atomic mass is 10.1. The molecule has 0 saturated heterocycles. The molecule has 0 amide bonds. The van der Waals surface area contributed by atoms with E-state index in [1.165, 1.54) is 0 Å². The second-order valence-corrected chi connectivity index (χ2v) is 3.75. The van der Waals surface area contributed by atoms with Crippen molar-refractivity contribution in [2.45, 2.75) is 6.92 Å². The van der Waals surface area contributed by atoms with Crippen molar-refractivity contribution in [3.05, 3.63) is 30.0 Å². The maximum Gasteiger partial charge on any atom is 0.259 e. The zero-order valence-electron chi connectivity index (χ0n) is 7.57. The summed E-state index contributed by atoms with van der Waals surface area (Å²) in [6.07, 6.45) is 1.81. The SMILES string of the molecule is Cc1ccc(NS(=O)O)c2[nH]ccc12. The van der Waals surface area contributed by atoms with Gasteiger partial charge in [-0.05, 0) is 24.6 Å². The summed E-state index contributed by atoms with van der Waals surface area (Å²) >= 11 is -2.03. The van der Waals surface area contributed by atoms with Gasteiger partial charge in [0.05, 0.1) is 11.2 Å². The van der Waals surface area contributed by atoms with E-state index < -0.39 is 11.3 Å². The topological polar surface area (TPSA) is 65.1 Å². The molecule has 0 aliphatic rings. The van der Waals surface area contributed by atoms with E-state index >= 15 is 0 Å². The smallest absolute Gasteiger partial charge is 0.259 e. The molecule has 0 radical (unpaired) electrons. The highest BCUT2D eigenvalue weighted by atomic mass is 32.2. The summed E-state index contributed by atoms with van der Waals surface area (Å²) in [5.74, 6) is 0. The molecular formula is C9H10N2O2S. The van der Waals surface area contributed by atoms with Crippen molar-refractivity contribution < 1.29 is 8.76 Å². The van der Waals surface area contributed by atoms with Crippen molar-refractivity contribution in [2.24, 2.45) is 0 Å². The van der Waals surface area contributed by atoms with Gasteiger partial charge >= 0.3 is 0 Å². The fourth-order valence-corrected chi connectivity index (χ4v) is 1.84. The molecule has 1 unspecified atom stereocenters. The predicted octanol–water partition coefficient (Wildman–Crippen LogP) is 2.02. The van der Waals surface area contributed by atoms with Gasteiger partial charge in [0.1, 0.15) is 0 Å². The molecule has 1 heterocycles. The molecule has 0 aliphatic heterocycles. The Morgan fingerprint density at radius 3 is 2.93 bits per heavy atom. The Hall–Kier alpha value is -1.33. The number of fused-ring (bicyclic) bond motifs is 1. The minimum atomic E-state index is -2.03. The number of hydrogen-bond donors (Lipinski definition) is 3. The van der Waals surface area contributed by atoms with Gasteiger partial charge in [-0.25, -0.2) is 4.21 Å². The zero-order chi connectivity index (χ0) is 10.1. The number of nitrogens with one attached hydrogen (secondary N) is 2. The molecule has 0 aliphatic carbocycles. The predicted molar refractivity (Wildman–Crippen MR) is 57.4 cm³/mol. The van der Waals surface area contributed by atoms with Gasteiger partial charge < -0.3 is 4.98 Å². The number of anilines is 1. The molecule has 1 atom stereocenters. The van der Waals surface area contributed by atoms with Crippen LogP contribution in [0.15, 0.2) is 24.4 Å².